The second-order valence-electron chi connectivity index (χ2n) is 6.48. The molecule has 1 aliphatic heterocycles. The van der Waals surface area contributed by atoms with Crippen LogP contribution in [0, 0.1) is 0 Å². The molecular weight excluding hydrogens is 437 g/mol. The zero-order valence-electron chi connectivity index (χ0n) is 14.8. The molecule has 2 aromatic rings. The number of benzene rings is 1. The highest BCUT2D eigenvalue weighted by Gasteiger charge is 2.72. The van der Waals surface area contributed by atoms with Crippen LogP contribution < -0.4 is 11.2 Å². The maximum atomic E-state index is 13.3. The molecular formula is C17H14ClF3N2O7. The number of halogens is 4. The summed E-state index contributed by atoms with van der Waals surface area (Å²) in [5, 5.41) is 30.2. The number of nitrogens with one attached hydrogen (secondary N) is 1. The maximum absolute atomic E-state index is 13.3. The molecule has 13 heteroatoms. The van der Waals surface area contributed by atoms with E-state index in [9.17, 15) is 42.9 Å². The number of carboxylic acids is 1. The van der Waals surface area contributed by atoms with Crippen LogP contribution >= 0.6 is 11.6 Å². The summed E-state index contributed by atoms with van der Waals surface area (Å²) in [5.74, 6) is -2.04. The van der Waals surface area contributed by atoms with Gasteiger partial charge < -0.3 is 20.1 Å². The average Bonchev–Trinajstić information content (AvgIpc) is 2.91. The molecule has 9 nitrogen and oxygen atoms in total. The first-order valence-corrected chi connectivity index (χ1v) is 8.67. The number of nitrogens with zero attached hydrogens (tertiary/aromatic N) is 1. The van der Waals surface area contributed by atoms with Gasteiger partial charge in [-0.2, -0.15) is 13.2 Å². The zero-order valence-corrected chi connectivity index (χ0v) is 15.5. The molecule has 4 atom stereocenters. The van der Waals surface area contributed by atoms with E-state index in [1.165, 1.54) is 35.3 Å². The lowest BCUT2D eigenvalue weighted by atomic mass is 9.83. The van der Waals surface area contributed by atoms with Gasteiger partial charge >= 0.3 is 17.8 Å². The molecule has 162 valence electrons. The van der Waals surface area contributed by atoms with Crippen LogP contribution in [0.4, 0.5) is 13.2 Å². The van der Waals surface area contributed by atoms with Gasteiger partial charge in [-0.05, 0) is 5.56 Å². The Balaban J connectivity index is 2.45. The number of hydrogen-bond donors (Lipinski definition) is 4. The number of aromatic nitrogens is 2. The van der Waals surface area contributed by atoms with Crippen LogP contribution in [0.3, 0.4) is 0 Å². The lowest BCUT2D eigenvalue weighted by Gasteiger charge is -2.39. The third kappa shape index (κ3) is 2.95. The minimum atomic E-state index is -5.25. The van der Waals surface area contributed by atoms with Crippen molar-refractivity contribution in [3.05, 3.63) is 68.5 Å². The van der Waals surface area contributed by atoms with Crippen molar-refractivity contribution in [2.75, 3.05) is 6.61 Å². The van der Waals surface area contributed by atoms with Crippen LogP contribution in [0.5, 0.6) is 0 Å². The van der Waals surface area contributed by atoms with Crippen molar-refractivity contribution >= 4 is 17.6 Å². The summed E-state index contributed by atoms with van der Waals surface area (Å²) >= 11 is 6.55. The van der Waals surface area contributed by atoms with E-state index in [-0.39, 0.29) is 16.3 Å². The van der Waals surface area contributed by atoms with Gasteiger partial charge in [-0.25, -0.2) is 9.59 Å². The third-order valence-corrected chi connectivity index (χ3v) is 5.52. The highest BCUT2D eigenvalue weighted by atomic mass is 35.5. The lowest BCUT2D eigenvalue weighted by Crippen LogP contribution is -2.60. The summed E-state index contributed by atoms with van der Waals surface area (Å²) in [6, 6.07) is 6.85. The van der Waals surface area contributed by atoms with Crippen LogP contribution in [0.25, 0.3) is 0 Å². The van der Waals surface area contributed by atoms with Gasteiger partial charge in [0.05, 0.1) is 6.61 Å². The van der Waals surface area contributed by atoms with Gasteiger partial charge in [0, 0.05) is 6.20 Å². The van der Waals surface area contributed by atoms with E-state index in [0.717, 1.165) is 0 Å². The Morgan fingerprint density at radius 1 is 1.27 bits per heavy atom. The molecule has 1 fully saturated rings. The van der Waals surface area contributed by atoms with E-state index < -0.39 is 58.4 Å². The number of alkyl halides is 4. The first kappa shape index (κ1) is 22.0. The fourth-order valence-electron chi connectivity index (χ4n) is 3.46. The predicted molar refractivity (Wildman–Crippen MR) is 93.9 cm³/mol. The van der Waals surface area contributed by atoms with Gasteiger partial charge in [0.15, 0.2) is 4.87 Å². The summed E-state index contributed by atoms with van der Waals surface area (Å²) in [6.07, 6.45) is -8.96. The van der Waals surface area contributed by atoms with Crippen molar-refractivity contribution in [2.24, 2.45) is 0 Å². The Bertz CT molecular complexity index is 1090. The largest absolute Gasteiger partial charge is 0.478 e. The van der Waals surface area contributed by atoms with Crippen LogP contribution in [0.15, 0.2) is 46.1 Å². The summed E-state index contributed by atoms with van der Waals surface area (Å²) in [4.78, 5) is 35.3. The van der Waals surface area contributed by atoms with Crippen LogP contribution in [-0.4, -0.2) is 49.7 Å². The van der Waals surface area contributed by atoms with Crippen molar-refractivity contribution in [1.82, 2.24) is 9.55 Å². The van der Waals surface area contributed by atoms with Crippen LogP contribution in [-0.2, 0) is 26.3 Å². The molecule has 1 aliphatic rings. The number of carboxylic acid groups (broad SMARTS) is 1. The second kappa shape index (κ2) is 7.23. The fraction of sp³-hybridized carbons (Fsp3) is 0.353. The second-order valence-corrected chi connectivity index (χ2v) is 7.08. The van der Waals surface area contributed by atoms with Crippen LogP contribution in [0.1, 0.15) is 11.1 Å². The van der Waals surface area contributed by atoms with Crippen molar-refractivity contribution in [3.8, 4) is 0 Å². The first-order chi connectivity index (χ1) is 13.9. The van der Waals surface area contributed by atoms with Gasteiger partial charge in [-0.1, -0.05) is 30.3 Å². The van der Waals surface area contributed by atoms with Gasteiger partial charge in [-0.3, -0.25) is 14.3 Å². The van der Waals surface area contributed by atoms with Gasteiger partial charge in [0.2, 0.25) is 0 Å². The van der Waals surface area contributed by atoms with Gasteiger partial charge in [0.1, 0.15) is 17.8 Å². The Morgan fingerprint density at radius 3 is 2.37 bits per heavy atom. The average molecular weight is 451 g/mol. The topological polar surface area (TPSA) is 142 Å². The number of aromatic amines is 1. The summed E-state index contributed by atoms with van der Waals surface area (Å²) in [7, 11) is 0. The van der Waals surface area contributed by atoms with Gasteiger partial charge in [-0.15, -0.1) is 11.6 Å². The predicted octanol–water partition coefficient (Wildman–Crippen LogP) is 0.179. The monoisotopic (exact) mass is 450 g/mol. The normalized spacial score (nSPS) is 29.1. The molecule has 0 saturated carbocycles. The summed E-state index contributed by atoms with van der Waals surface area (Å²) in [5.41, 5.74) is -8.56. The Kier molecular flexibility index (Phi) is 5.31. The molecule has 0 spiro atoms. The van der Waals surface area contributed by atoms with Crippen LogP contribution in [0.2, 0.25) is 0 Å². The van der Waals surface area contributed by atoms with Crippen molar-refractivity contribution in [1.29, 1.82) is 0 Å². The van der Waals surface area contributed by atoms with E-state index in [1.54, 1.807) is 0 Å². The molecule has 2 heterocycles. The molecule has 0 amide bonds. The van der Waals surface area contributed by atoms with Crippen molar-refractivity contribution in [2.45, 2.75) is 29.0 Å². The van der Waals surface area contributed by atoms with E-state index >= 15 is 0 Å². The molecule has 1 aromatic heterocycles. The van der Waals surface area contributed by atoms with Gasteiger partial charge in [0.25, 0.3) is 11.3 Å². The Morgan fingerprint density at radius 2 is 1.87 bits per heavy atom. The van der Waals surface area contributed by atoms with E-state index in [4.69, 9.17) is 16.3 Å². The molecule has 0 bridgehead atoms. The highest BCUT2D eigenvalue weighted by molar-refractivity contribution is 6.27. The molecule has 4 N–H and O–H groups in total. The minimum Gasteiger partial charge on any atom is -0.478 e. The number of ether oxygens (including phenoxy) is 1. The Hall–Kier alpha value is -2.67. The molecule has 0 aliphatic carbocycles. The van der Waals surface area contributed by atoms with Crippen molar-refractivity contribution in [3.63, 3.8) is 0 Å². The zero-order chi connectivity index (χ0) is 22.5. The highest BCUT2D eigenvalue weighted by Crippen LogP contribution is 2.54. The van der Waals surface area contributed by atoms with Crippen molar-refractivity contribution < 1.29 is 38.0 Å². The number of H-pyrrole nitrogens is 1. The summed E-state index contributed by atoms with van der Waals surface area (Å²) in [6.45, 7) is -0.971. The molecule has 1 aromatic carbocycles. The molecule has 30 heavy (non-hydrogen) atoms. The van der Waals surface area contributed by atoms with E-state index in [1.807, 2.05) is 0 Å². The van der Waals surface area contributed by atoms with E-state index in [0.29, 0.717) is 0 Å². The quantitative estimate of drug-likeness (QED) is 0.487. The number of rotatable bonds is 4. The lowest BCUT2D eigenvalue weighted by molar-refractivity contribution is -0.188. The smallest absolute Gasteiger partial charge is 0.423 e. The fourth-order valence-corrected chi connectivity index (χ4v) is 3.94. The number of aliphatic hydroxyl groups is 2. The number of aliphatic hydroxyl groups excluding tert-OH is 2. The SMILES string of the molecule is O=C(O)[C@@]1(n2cc(C(F)(F)F)c(=O)[nH]c2=O)O[C@H](CO)[C@@H](O)[C@]1(Cl)c1ccccc1. The molecule has 1 saturated heterocycles. The number of carbonyl (C=O) groups is 1. The standard InChI is InChI=1S/C17H14ClF3N2O7/c18-15(8-4-2-1-3-5-8)11(25)10(7-24)30-16(15,13(27)28)23-6-9(17(19,20)21)12(26)22-14(23)29/h1-6,10-11,24-25H,7H2,(H,27,28)(H,22,26,29)/t10-,11-,15-,16-/m1/s1. The maximum Gasteiger partial charge on any atom is 0.423 e. The number of hydrogen-bond acceptors (Lipinski definition) is 6. The molecule has 0 unspecified atom stereocenters. The minimum absolute atomic E-state index is 0.0399. The summed E-state index contributed by atoms with van der Waals surface area (Å²) < 4.78 is 45.0. The van der Waals surface area contributed by atoms with E-state index in [2.05, 4.69) is 0 Å². The third-order valence-electron chi connectivity index (χ3n) is 4.83. The first-order valence-electron chi connectivity index (χ1n) is 8.29. The number of aliphatic carboxylic acids is 1. The Labute approximate surface area is 169 Å². The molecule has 0 radical (unpaired) electrons. The molecule has 3 rings (SSSR count).